The van der Waals surface area contributed by atoms with Gasteiger partial charge in [0.15, 0.2) is 11.5 Å². The second kappa shape index (κ2) is 20.9. The molecule has 70 heavy (non-hydrogen) atoms. The summed E-state index contributed by atoms with van der Waals surface area (Å²) in [4.78, 5) is 45.7. The SMILES string of the molecule is COc1cc([C@@H]2CC(=O)C[C@H](OC(C)=O)CC[C@H]3CCC=C[C@@H]3c3c[nH]cc3C[C@@H](c3cccc(O)c3)C3=CCNC(=C3)N(CCC(C)=O)c3cccc4cn2cc34)cc(O)c1Oc1cccc(O)c1. The van der Waals surface area contributed by atoms with Crippen molar-refractivity contribution in [2.45, 2.75) is 89.2 Å². The van der Waals surface area contributed by atoms with Crippen LogP contribution in [-0.4, -0.2) is 68.7 Å². The zero-order valence-electron chi connectivity index (χ0n) is 39.8. The number of hydrogen-bond acceptors (Lipinski definition) is 11. The third-order valence-electron chi connectivity index (χ3n) is 13.9. The summed E-state index contributed by atoms with van der Waals surface area (Å²) in [5.41, 5.74) is 5.80. The van der Waals surface area contributed by atoms with E-state index in [9.17, 15) is 29.7 Å². The molecule has 4 heterocycles. The molecule has 4 bridgehead atoms. The first-order valence-electron chi connectivity index (χ1n) is 24.1. The van der Waals surface area contributed by atoms with Crippen LogP contribution in [0.1, 0.15) is 98.9 Å². The second-order valence-corrected chi connectivity index (χ2v) is 18.7. The van der Waals surface area contributed by atoms with E-state index in [-0.39, 0.29) is 83.1 Å². The van der Waals surface area contributed by atoms with Crippen LogP contribution < -0.4 is 19.7 Å². The second-order valence-electron chi connectivity index (χ2n) is 18.7. The molecule has 1 aliphatic carbocycles. The van der Waals surface area contributed by atoms with Gasteiger partial charge in [-0.3, -0.25) is 14.4 Å². The molecule has 362 valence electrons. The molecular weight excluding hydrogens is 885 g/mol. The Kier molecular flexibility index (Phi) is 14.2. The summed E-state index contributed by atoms with van der Waals surface area (Å²) in [6.07, 6.45) is 20.4. The van der Waals surface area contributed by atoms with Gasteiger partial charge in [0.1, 0.15) is 40.7 Å². The average molecular weight is 945 g/mol. The largest absolute Gasteiger partial charge is 0.508 e. The van der Waals surface area contributed by atoms with Gasteiger partial charge in [-0.25, -0.2) is 0 Å². The Labute approximate surface area is 407 Å². The minimum atomic E-state index is -0.676. The molecule has 2 aromatic heterocycles. The van der Waals surface area contributed by atoms with Gasteiger partial charge in [0, 0.05) is 92.7 Å². The first-order chi connectivity index (χ1) is 33.9. The number of anilines is 1. The summed E-state index contributed by atoms with van der Waals surface area (Å²) < 4.78 is 19.8. The number of carbonyl (C=O) groups is 3. The van der Waals surface area contributed by atoms with Gasteiger partial charge in [0.2, 0.25) is 5.75 Å². The van der Waals surface area contributed by atoms with Gasteiger partial charge in [0.05, 0.1) is 18.8 Å². The quantitative estimate of drug-likeness (QED) is 0.0689. The molecule has 5 atom stereocenters. The number of Topliss-reactive ketones (excluding diaryl/α,β-unsaturated/α-hetero) is 2. The normalized spacial score (nSPS) is 20.8. The van der Waals surface area contributed by atoms with Crippen LogP contribution in [0.4, 0.5) is 5.69 Å². The number of allylic oxidation sites excluding steroid dienone is 4. The van der Waals surface area contributed by atoms with Crippen molar-refractivity contribution >= 4 is 34.0 Å². The van der Waals surface area contributed by atoms with Gasteiger partial charge >= 0.3 is 5.97 Å². The Morgan fingerprint density at radius 1 is 0.857 bits per heavy atom. The van der Waals surface area contributed by atoms with Crippen LogP contribution in [0.25, 0.3) is 10.8 Å². The Morgan fingerprint density at radius 3 is 2.46 bits per heavy atom. The number of methoxy groups -OCH3 is 1. The van der Waals surface area contributed by atoms with E-state index in [1.54, 1.807) is 37.3 Å². The molecule has 0 saturated carbocycles. The van der Waals surface area contributed by atoms with Crippen molar-refractivity contribution in [3.63, 3.8) is 0 Å². The zero-order valence-corrected chi connectivity index (χ0v) is 39.8. The summed E-state index contributed by atoms with van der Waals surface area (Å²) >= 11 is 0. The molecule has 0 radical (unpaired) electrons. The minimum absolute atomic E-state index is 0.00801. The molecule has 4 aromatic carbocycles. The molecule has 0 unspecified atom stereocenters. The maximum atomic E-state index is 14.6. The lowest BCUT2D eigenvalue weighted by atomic mass is 9.75. The maximum absolute atomic E-state index is 14.6. The fourth-order valence-electron chi connectivity index (χ4n) is 10.5. The predicted octanol–water partition coefficient (Wildman–Crippen LogP) is 10.8. The number of rotatable bonds is 9. The Morgan fingerprint density at radius 2 is 1.67 bits per heavy atom. The summed E-state index contributed by atoms with van der Waals surface area (Å²) in [5, 5.41) is 38.0. The van der Waals surface area contributed by atoms with Crippen LogP contribution in [0.2, 0.25) is 0 Å². The van der Waals surface area contributed by atoms with Gasteiger partial charge in [-0.1, -0.05) is 48.6 Å². The number of nitrogens with one attached hydrogen (secondary N) is 2. The van der Waals surface area contributed by atoms with Gasteiger partial charge in [-0.15, -0.1) is 0 Å². The van der Waals surface area contributed by atoms with E-state index < -0.39 is 18.1 Å². The highest BCUT2D eigenvalue weighted by Crippen LogP contribution is 2.45. The topological polar surface area (TPSA) is 176 Å². The summed E-state index contributed by atoms with van der Waals surface area (Å²) in [6.45, 7) is 3.88. The number of ether oxygens (including phenoxy) is 3. The first-order valence-corrected chi connectivity index (χ1v) is 24.1. The van der Waals surface area contributed by atoms with Gasteiger partial charge in [-0.2, -0.15) is 0 Å². The smallest absolute Gasteiger partial charge is 0.302 e. The molecule has 0 spiro atoms. The number of phenolic OH excluding ortho intramolecular Hbond substituents is 3. The lowest BCUT2D eigenvalue weighted by molar-refractivity contribution is -0.148. The Bertz CT molecular complexity index is 3000. The van der Waals surface area contributed by atoms with Crippen LogP contribution >= 0.6 is 0 Å². The number of nitrogens with zero attached hydrogens (tertiary/aromatic N) is 2. The third-order valence-corrected chi connectivity index (χ3v) is 13.9. The number of esters is 1. The molecule has 13 nitrogen and oxygen atoms in total. The lowest BCUT2D eigenvalue weighted by Crippen LogP contribution is -2.35. The molecule has 5 N–H and O–H groups in total. The molecule has 9 rings (SSSR count). The number of phenols is 3. The highest BCUT2D eigenvalue weighted by molar-refractivity contribution is 5.95. The molecule has 13 heteroatoms. The predicted molar refractivity (Wildman–Crippen MR) is 269 cm³/mol. The highest BCUT2D eigenvalue weighted by Gasteiger charge is 2.32. The summed E-state index contributed by atoms with van der Waals surface area (Å²) in [7, 11) is 1.47. The van der Waals surface area contributed by atoms with Gasteiger partial charge < -0.3 is 49.3 Å². The van der Waals surface area contributed by atoms with Crippen LogP contribution in [0.3, 0.4) is 0 Å². The molecule has 0 amide bonds. The number of aromatic hydroxyl groups is 3. The summed E-state index contributed by atoms with van der Waals surface area (Å²) in [6, 6.07) is 22.3. The van der Waals surface area contributed by atoms with Crippen LogP contribution in [0.5, 0.6) is 34.5 Å². The van der Waals surface area contributed by atoms with Crippen molar-refractivity contribution < 1.29 is 43.9 Å². The number of benzene rings is 4. The summed E-state index contributed by atoms with van der Waals surface area (Å²) in [5.74, 6) is 0.904. The number of carbonyl (C=O) groups excluding carboxylic acids is 3. The van der Waals surface area contributed by atoms with Crippen LogP contribution in [-0.2, 0) is 25.5 Å². The van der Waals surface area contributed by atoms with E-state index in [4.69, 9.17) is 14.2 Å². The molecule has 0 fully saturated rings. The third kappa shape index (κ3) is 10.6. The fraction of sp³-hybridized carbons (Fsp3) is 0.316. The standard InChI is InChI=1S/C57H60N4O9/c1-35(62)20-22-61-52-16-7-11-40-33-60(34-51(40)52)53(41-25-54(67)57(55(26-41)68-3)70-46-14-8-13-44(65)28-46)30-45(66)29-47(69-36(2)63)18-17-37-9-4-5-15-48(37)50-32-58-31-42(50)24-49(38-10-6-12-43(64)23-38)39-19-21-59-56(61)27-39/h5-8,10-16,19,23,25-28,31-34,37,47-49,53,58-59,64-65,67H,4,9,17-18,20-22,24,29-30H2,1-3H3/t37-,47-,48+,49+,53+/m1/s1. The van der Waals surface area contributed by atoms with Crippen molar-refractivity contribution in [2.24, 2.45) is 5.92 Å². The first kappa shape index (κ1) is 47.4. The number of fused-ring (bicyclic) bond motifs is 5. The van der Waals surface area contributed by atoms with Crippen molar-refractivity contribution in [3.05, 3.63) is 162 Å². The van der Waals surface area contributed by atoms with E-state index in [0.717, 1.165) is 58.2 Å². The van der Waals surface area contributed by atoms with Crippen LogP contribution in [0, 0.1) is 5.92 Å². The zero-order chi connectivity index (χ0) is 48.9. The Balaban J connectivity index is 1.20. The van der Waals surface area contributed by atoms with E-state index in [1.807, 2.05) is 47.3 Å². The van der Waals surface area contributed by atoms with E-state index in [2.05, 4.69) is 58.0 Å². The Hall–Kier alpha value is -7.67. The number of dihydropyridines is 1. The minimum Gasteiger partial charge on any atom is -0.508 e. The van der Waals surface area contributed by atoms with Gasteiger partial charge in [0.25, 0.3) is 0 Å². The number of hydrogen-bond donors (Lipinski definition) is 5. The van der Waals surface area contributed by atoms with E-state index >= 15 is 0 Å². The number of aromatic nitrogens is 2. The molecular formula is C57H60N4O9. The van der Waals surface area contributed by atoms with E-state index in [0.29, 0.717) is 31.5 Å². The maximum Gasteiger partial charge on any atom is 0.302 e. The van der Waals surface area contributed by atoms with Crippen molar-refractivity contribution in [1.29, 1.82) is 0 Å². The van der Waals surface area contributed by atoms with Crippen molar-refractivity contribution in [1.82, 2.24) is 14.9 Å². The molecule has 6 aromatic rings. The highest BCUT2D eigenvalue weighted by atomic mass is 16.5. The fourth-order valence-corrected chi connectivity index (χ4v) is 10.5. The van der Waals surface area contributed by atoms with Crippen molar-refractivity contribution in [3.8, 4) is 34.5 Å². The van der Waals surface area contributed by atoms with Gasteiger partial charge in [-0.05, 0) is 121 Å². The molecule has 0 saturated heterocycles. The lowest BCUT2D eigenvalue weighted by Gasteiger charge is -2.33. The number of ketones is 2. The van der Waals surface area contributed by atoms with Crippen LogP contribution in [0.15, 0.2) is 139 Å². The van der Waals surface area contributed by atoms with E-state index in [1.165, 1.54) is 31.7 Å². The number of aromatic amines is 1. The molecule has 3 aliphatic rings. The van der Waals surface area contributed by atoms with Crippen molar-refractivity contribution in [2.75, 3.05) is 25.1 Å². The molecule has 2 aliphatic heterocycles. The average Bonchev–Trinajstić information content (AvgIpc) is 4.00. The number of H-pyrrole nitrogens is 1. The monoisotopic (exact) mass is 944 g/mol.